The Bertz CT molecular complexity index is 604. The summed E-state index contributed by atoms with van der Waals surface area (Å²) in [5, 5.41) is 11.2. The van der Waals surface area contributed by atoms with Gasteiger partial charge in [-0.05, 0) is 47.5 Å². The summed E-state index contributed by atoms with van der Waals surface area (Å²) >= 11 is 0. The van der Waals surface area contributed by atoms with Crippen molar-refractivity contribution in [2.45, 2.75) is 64.8 Å². The molecule has 0 spiro atoms. The molecule has 0 radical (unpaired) electrons. The van der Waals surface area contributed by atoms with Crippen molar-refractivity contribution < 1.29 is 4.21 Å². The number of fused-ring (bicyclic) bond motifs is 1. The number of rotatable bonds is 5. The maximum atomic E-state index is 12.1. The van der Waals surface area contributed by atoms with Gasteiger partial charge >= 0.3 is 0 Å². The molecule has 1 aromatic heterocycles. The van der Waals surface area contributed by atoms with Gasteiger partial charge in [0.25, 0.3) is 0 Å². The van der Waals surface area contributed by atoms with Gasteiger partial charge in [0.05, 0.1) is 12.6 Å². The van der Waals surface area contributed by atoms with Crippen LogP contribution in [0.3, 0.4) is 0 Å². The van der Waals surface area contributed by atoms with Crippen LogP contribution >= 0.6 is 0 Å². The molecular formula is C16H30N6OS. The second kappa shape index (κ2) is 8.09. The van der Waals surface area contributed by atoms with Crippen LogP contribution in [0.25, 0.3) is 0 Å². The average molecular weight is 355 g/mol. The Morgan fingerprint density at radius 1 is 1.46 bits per heavy atom. The third-order valence-electron chi connectivity index (χ3n) is 3.87. The molecule has 2 unspecified atom stereocenters. The van der Waals surface area contributed by atoms with E-state index in [0.717, 1.165) is 43.5 Å². The highest BCUT2D eigenvalue weighted by Gasteiger charge is 2.24. The van der Waals surface area contributed by atoms with Crippen molar-refractivity contribution in [3.05, 3.63) is 11.6 Å². The van der Waals surface area contributed by atoms with Gasteiger partial charge in [0.15, 0.2) is 5.96 Å². The van der Waals surface area contributed by atoms with Crippen LogP contribution in [0.15, 0.2) is 4.99 Å². The van der Waals surface area contributed by atoms with E-state index in [0.29, 0.717) is 12.3 Å². The zero-order valence-corrected chi connectivity index (χ0v) is 16.2. The van der Waals surface area contributed by atoms with E-state index in [2.05, 4.69) is 25.7 Å². The zero-order valence-electron chi connectivity index (χ0n) is 15.4. The Labute approximate surface area is 147 Å². The van der Waals surface area contributed by atoms with E-state index < -0.39 is 10.8 Å². The molecule has 0 amide bonds. The topological polar surface area (TPSA) is 84.2 Å². The summed E-state index contributed by atoms with van der Waals surface area (Å²) in [5.41, 5.74) is 0. The quantitative estimate of drug-likeness (QED) is 0.619. The Hall–Kier alpha value is -1.44. The van der Waals surface area contributed by atoms with Gasteiger partial charge < -0.3 is 10.6 Å². The number of aliphatic imine (C=N–C) groups is 1. The molecule has 0 aliphatic carbocycles. The first-order valence-corrected chi connectivity index (χ1v) is 9.98. The number of nitrogens with zero attached hydrogens (tertiary/aromatic N) is 4. The molecule has 0 saturated heterocycles. The molecule has 1 aliphatic heterocycles. The van der Waals surface area contributed by atoms with Crippen molar-refractivity contribution in [1.29, 1.82) is 0 Å². The van der Waals surface area contributed by atoms with Crippen LogP contribution < -0.4 is 10.6 Å². The fraction of sp³-hybridized carbons (Fsp3) is 0.812. The first-order chi connectivity index (χ1) is 11.3. The standard InChI is InChI=1S/C16H30N6OS/c1-6-17-15(18-9-11-24(23)16(3,4)5)20-13-8-7-10-22-14(13)19-12(2)21-22/h13H,6-11H2,1-5H3,(H2,17,18,20). The fourth-order valence-electron chi connectivity index (χ4n) is 2.64. The lowest BCUT2D eigenvalue weighted by Crippen LogP contribution is -2.42. The summed E-state index contributed by atoms with van der Waals surface area (Å²) in [7, 11) is -0.886. The van der Waals surface area contributed by atoms with E-state index in [1.54, 1.807) is 0 Å². The molecule has 2 rings (SSSR count). The van der Waals surface area contributed by atoms with Crippen LogP contribution in [0, 0.1) is 6.92 Å². The van der Waals surface area contributed by atoms with Crippen LogP contribution in [0.5, 0.6) is 0 Å². The lowest BCUT2D eigenvalue weighted by atomic mass is 10.1. The molecule has 24 heavy (non-hydrogen) atoms. The van der Waals surface area contributed by atoms with E-state index in [9.17, 15) is 4.21 Å². The summed E-state index contributed by atoms with van der Waals surface area (Å²) in [5.74, 6) is 3.10. The summed E-state index contributed by atoms with van der Waals surface area (Å²) < 4.78 is 13.9. The van der Waals surface area contributed by atoms with Gasteiger partial charge in [-0.3, -0.25) is 9.20 Å². The number of nitrogens with one attached hydrogen (secondary N) is 2. The van der Waals surface area contributed by atoms with Crippen LogP contribution in [-0.2, 0) is 17.3 Å². The minimum absolute atomic E-state index is 0.117. The molecule has 2 N–H and O–H groups in total. The Balaban J connectivity index is 2.01. The second-order valence-electron chi connectivity index (χ2n) is 7.00. The highest BCUT2D eigenvalue weighted by atomic mass is 32.2. The van der Waals surface area contributed by atoms with Gasteiger partial charge in [0, 0.05) is 34.4 Å². The largest absolute Gasteiger partial charge is 0.357 e. The van der Waals surface area contributed by atoms with Crippen LogP contribution in [0.1, 0.15) is 58.2 Å². The smallest absolute Gasteiger partial charge is 0.191 e. The molecule has 0 aromatic carbocycles. The average Bonchev–Trinajstić information content (AvgIpc) is 2.87. The van der Waals surface area contributed by atoms with Gasteiger partial charge in [-0.1, -0.05) is 0 Å². The van der Waals surface area contributed by atoms with Crippen LogP contribution in [0.4, 0.5) is 0 Å². The van der Waals surface area contributed by atoms with Crippen LogP contribution in [-0.4, -0.2) is 48.5 Å². The SMILES string of the molecule is CCNC(=NCCS(=O)C(C)(C)C)NC1CCCn2nc(C)nc21. The van der Waals surface area contributed by atoms with Crippen molar-refractivity contribution in [3.63, 3.8) is 0 Å². The monoisotopic (exact) mass is 354 g/mol. The van der Waals surface area contributed by atoms with Crippen molar-refractivity contribution in [2.24, 2.45) is 4.99 Å². The molecule has 136 valence electrons. The zero-order chi connectivity index (χ0) is 17.7. The van der Waals surface area contributed by atoms with Crippen LogP contribution in [0.2, 0.25) is 0 Å². The van der Waals surface area contributed by atoms with Gasteiger partial charge in [-0.25, -0.2) is 9.67 Å². The summed E-state index contributed by atoms with van der Waals surface area (Å²) in [6.07, 6.45) is 2.08. The molecule has 1 aliphatic rings. The molecule has 8 heteroatoms. The minimum Gasteiger partial charge on any atom is -0.357 e. The predicted molar refractivity (Wildman–Crippen MR) is 98.6 cm³/mol. The highest BCUT2D eigenvalue weighted by molar-refractivity contribution is 7.86. The first kappa shape index (κ1) is 18.9. The molecule has 1 aromatic rings. The van der Waals surface area contributed by atoms with Crippen molar-refractivity contribution in [3.8, 4) is 0 Å². The molecule has 0 fully saturated rings. The first-order valence-electron chi connectivity index (χ1n) is 8.66. The summed E-state index contributed by atoms with van der Waals surface area (Å²) in [6.45, 7) is 12.2. The van der Waals surface area contributed by atoms with Gasteiger partial charge in [0.1, 0.15) is 11.6 Å². The number of aromatic nitrogens is 3. The Morgan fingerprint density at radius 2 is 2.21 bits per heavy atom. The maximum absolute atomic E-state index is 12.1. The van der Waals surface area contributed by atoms with E-state index in [1.165, 1.54) is 0 Å². The molecule has 0 saturated carbocycles. The Morgan fingerprint density at radius 3 is 2.88 bits per heavy atom. The second-order valence-corrected chi connectivity index (χ2v) is 9.33. The normalized spacial score (nSPS) is 19.7. The van der Waals surface area contributed by atoms with E-state index in [4.69, 9.17) is 0 Å². The Kier molecular flexibility index (Phi) is 6.37. The van der Waals surface area contributed by atoms with E-state index in [1.807, 2.05) is 39.3 Å². The molecule has 2 atom stereocenters. The number of hydrogen-bond acceptors (Lipinski definition) is 4. The van der Waals surface area contributed by atoms with Gasteiger partial charge in [-0.15, -0.1) is 0 Å². The lowest BCUT2D eigenvalue weighted by molar-refractivity contribution is 0.398. The fourth-order valence-corrected chi connectivity index (χ4v) is 3.51. The number of aryl methyl sites for hydroxylation is 2. The lowest BCUT2D eigenvalue weighted by Gasteiger charge is -2.25. The predicted octanol–water partition coefficient (Wildman–Crippen LogP) is 1.52. The third kappa shape index (κ3) is 5.03. The van der Waals surface area contributed by atoms with Crippen molar-refractivity contribution in [1.82, 2.24) is 25.4 Å². The minimum atomic E-state index is -0.886. The highest BCUT2D eigenvalue weighted by Crippen LogP contribution is 2.22. The van der Waals surface area contributed by atoms with Gasteiger partial charge in [0.2, 0.25) is 0 Å². The third-order valence-corrected chi connectivity index (χ3v) is 5.78. The van der Waals surface area contributed by atoms with Crippen molar-refractivity contribution >= 4 is 16.8 Å². The summed E-state index contributed by atoms with van der Waals surface area (Å²) in [4.78, 5) is 9.13. The summed E-state index contributed by atoms with van der Waals surface area (Å²) in [6, 6.07) is 0.117. The maximum Gasteiger partial charge on any atom is 0.191 e. The molecule has 0 bridgehead atoms. The molecule has 7 nitrogen and oxygen atoms in total. The number of guanidine groups is 1. The number of hydrogen-bond donors (Lipinski definition) is 2. The molecule has 2 heterocycles. The van der Waals surface area contributed by atoms with E-state index >= 15 is 0 Å². The van der Waals surface area contributed by atoms with Crippen molar-refractivity contribution in [2.75, 3.05) is 18.8 Å². The van der Waals surface area contributed by atoms with E-state index in [-0.39, 0.29) is 10.8 Å². The van der Waals surface area contributed by atoms with Gasteiger partial charge in [-0.2, -0.15) is 5.10 Å². The molecular weight excluding hydrogens is 324 g/mol.